The number of carbonyl (C=O) groups excluding carboxylic acids is 1. The Bertz CT molecular complexity index is 379. The molecule has 2 heteroatoms. The Kier molecular flexibility index (Phi) is 2.23. The molecule has 0 N–H and O–H groups in total. The Balaban J connectivity index is 2.33. The van der Waals surface area contributed by atoms with Gasteiger partial charge in [-0.15, -0.1) is 0 Å². The lowest BCUT2D eigenvalue weighted by molar-refractivity contribution is -0.112. The third-order valence-corrected chi connectivity index (χ3v) is 3.34. The van der Waals surface area contributed by atoms with Crippen LogP contribution >= 0.6 is 11.8 Å². The van der Waals surface area contributed by atoms with Crippen molar-refractivity contribution in [2.45, 2.75) is 18.2 Å². The predicted molar refractivity (Wildman–Crippen MR) is 54.8 cm³/mol. The fraction of sp³-hybridized carbons (Fsp3) is 0.182. The van der Waals surface area contributed by atoms with Gasteiger partial charge in [-0.2, -0.15) is 0 Å². The van der Waals surface area contributed by atoms with Crippen LogP contribution in [0.1, 0.15) is 12.5 Å². The number of rotatable bonds is 1. The van der Waals surface area contributed by atoms with Gasteiger partial charge in [0.05, 0.1) is 4.91 Å². The average Bonchev–Trinajstić information content (AvgIpc) is 2.17. The number of thioether (sulfide) groups is 1. The van der Waals surface area contributed by atoms with Crippen molar-refractivity contribution in [3.63, 3.8) is 0 Å². The molecule has 0 unspecified atom stereocenters. The van der Waals surface area contributed by atoms with Gasteiger partial charge in [-0.3, -0.25) is 4.79 Å². The van der Waals surface area contributed by atoms with Gasteiger partial charge in [0.15, 0.2) is 5.78 Å². The maximum atomic E-state index is 11.1. The summed E-state index contributed by atoms with van der Waals surface area (Å²) in [5.74, 6) is 0.166. The summed E-state index contributed by atoms with van der Waals surface area (Å²) >= 11 is 1.58. The standard InChI is InChI=1S/C11H10OS/c1-8(12)10-7-6-9-4-2-3-5-11(9)13-10/h2-5,7H,6H2,1H3. The summed E-state index contributed by atoms with van der Waals surface area (Å²) in [7, 11) is 0. The molecule has 1 aromatic carbocycles. The summed E-state index contributed by atoms with van der Waals surface area (Å²) < 4.78 is 0. The lowest BCUT2D eigenvalue weighted by Gasteiger charge is -2.13. The van der Waals surface area contributed by atoms with Gasteiger partial charge in [-0.1, -0.05) is 36.0 Å². The molecular formula is C11H10OS. The quantitative estimate of drug-likeness (QED) is 0.677. The molecule has 0 bridgehead atoms. The highest BCUT2D eigenvalue weighted by atomic mass is 32.2. The van der Waals surface area contributed by atoms with E-state index in [1.807, 2.05) is 18.2 Å². The van der Waals surface area contributed by atoms with Gasteiger partial charge in [0.25, 0.3) is 0 Å². The van der Waals surface area contributed by atoms with Gasteiger partial charge in [0.2, 0.25) is 0 Å². The summed E-state index contributed by atoms with van der Waals surface area (Å²) in [6, 6.07) is 8.21. The van der Waals surface area contributed by atoms with Crippen molar-refractivity contribution in [2.24, 2.45) is 0 Å². The van der Waals surface area contributed by atoms with Gasteiger partial charge < -0.3 is 0 Å². The van der Waals surface area contributed by atoms with Crippen LogP contribution in [0, 0.1) is 0 Å². The number of hydrogen-bond donors (Lipinski definition) is 0. The largest absolute Gasteiger partial charge is 0.294 e. The van der Waals surface area contributed by atoms with Crippen LogP contribution in [0.3, 0.4) is 0 Å². The van der Waals surface area contributed by atoms with Crippen LogP contribution < -0.4 is 0 Å². The van der Waals surface area contributed by atoms with Crippen molar-refractivity contribution >= 4 is 17.5 Å². The molecule has 2 rings (SSSR count). The summed E-state index contributed by atoms with van der Waals surface area (Å²) in [5, 5.41) is 0. The number of benzene rings is 1. The zero-order chi connectivity index (χ0) is 9.26. The van der Waals surface area contributed by atoms with Gasteiger partial charge in [-0.05, 0) is 25.0 Å². The van der Waals surface area contributed by atoms with Crippen LogP contribution in [0.25, 0.3) is 0 Å². The number of fused-ring (bicyclic) bond motifs is 1. The first-order valence-corrected chi connectivity index (χ1v) is 5.06. The second-order valence-corrected chi connectivity index (χ2v) is 4.12. The highest BCUT2D eigenvalue weighted by molar-refractivity contribution is 8.04. The third-order valence-electron chi connectivity index (χ3n) is 2.05. The molecule has 0 aromatic heterocycles. The third kappa shape index (κ3) is 1.68. The fourth-order valence-corrected chi connectivity index (χ4v) is 2.33. The summed E-state index contributed by atoms with van der Waals surface area (Å²) in [6.07, 6.45) is 2.90. The number of Topliss-reactive ketones (excluding diaryl/α,β-unsaturated/α-hetero) is 1. The highest BCUT2D eigenvalue weighted by Gasteiger charge is 2.13. The lowest BCUT2D eigenvalue weighted by Crippen LogP contribution is -1.99. The van der Waals surface area contributed by atoms with E-state index in [4.69, 9.17) is 0 Å². The van der Waals surface area contributed by atoms with Crippen LogP contribution in [0.15, 0.2) is 40.1 Å². The molecule has 0 radical (unpaired) electrons. The van der Waals surface area contributed by atoms with Crippen LogP contribution in [0.4, 0.5) is 0 Å². The normalized spacial score (nSPS) is 14.7. The van der Waals surface area contributed by atoms with Crippen LogP contribution in [-0.4, -0.2) is 5.78 Å². The number of carbonyl (C=O) groups is 1. The van der Waals surface area contributed by atoms with Crippen molar-refractivity contribution in [3.05, 3.63) is 40.8 Å². The molecule has 1 aromatic rings. The molecule has 1 heterocycles. The van der Waals surface area contributed by atoms with E-state index in [1.165, 1.54) is 10.5 Å². The van der Waals surface area contributed by atoms with Crippen LogP contribution in [0.2, 0.25) is 0 Å². The first-order valence-electron chi connectivity index (χ1n) is 4.24. The first-order chi connectivity index (χ1) is 6.27. The topological polar surface area (TPSA) is 17.1 Å². The van der Waals surface area contributed by atoms with Crippen molar-refractivity contribution in [1.82, 2.24) is 0 Å². The second kappa shape index (κ2) is 3.38. The zero-order valence-corrected chi connectivity index (χ0v) is 8.23. The molecule has 0 saturated carbocycles. The minimum absolute atomic E-state index is 0.166. The van der Waals surface area contributed by atoms with E-state index in [9.17, 15) is 4.79 Å². The van der Waals surface area contributed by atoms with Crippen LogP contribution in [0.5, 0.6) is 0 Å². The fourth-order valence-electron chi connectivity index (χ4n) is 1.35. The highest BCUT2D eigenvalue weighted by Crippen LogP contribution is 2.34. The zero-order valence-electron chi connectivity index (χ0n) is 7.41. The molecule has 0 aliphatic carbocycles. The molecule has 66 valence electrons. The molecule has 13 heavy (non-hydrogen) atoms. The maximum Gasteiger partial charge on any atom is 0.166 e. The van der Waals surface area contributed by atoms with Crippen LogP contribution in [-0.2, 0) is 11.2 Å². The van der Waals surface area contributed by atoms with E-state index in [0.717, 1.165) is 11.3 Å². The number of allylic oxidation sites excluding steroid dienone is 2. The van der Waals surface area contributed by atoms with Crippen molar-refractivity contribution < 1.29 is 4.79 Å². The summed E-state index contributed by atoms with van der Waals surface area (Å²) in [5.41, 5.74) is 1.32. The van der Waals surface area contributed by atoms with E-state index in [0.29, 0.717) is 0 Å². The Labute approximate surface area is 81.8 Å². The van der Waals surface area contributed by atoms with Gasteiger partial charge in [0, 0.05) is 4.90 Å². The summed E-state index contributed by atoms with van der Waals surface area (Å²) in [6.45, 7) is 1.62. The first kappa shape index (κ1) is 8.57. The molecule has 1 aliphatic heterocycles. The molecule has 0 fully saturated rings. The van der Waals surface area contributed by atoms with E-state index < -0.39 is 0 Å². The molecule has 0 saturated heterocycles. The Hall–Kier alpha value is -1.02. The Morgan fingerprint density at radius 2 is 2.15 bits per heavy atom. The van der Waals surface area contributed by atoms with Gasteiger partial charge >= 0.3 is 0 Å². The molecule has 0 atom stereocenters. The molecule has 1 nitrogen and oxygen atoms in total. The predicted octanol–water partition coefficient (Wildman–Crippen LogP) is 2.81. The Morgan fingerprint density at radius 3 is 2.92 bits per heavy atom. The number of ketones is 1. The summed E-state index contributed by atoms with van der Waals surface area (Å²) in [4.78, 5) is 13.2. The van der Waals surface area contributed by atoms with Gasteiger partial charge in [-0.25, -0.2) is 0 Å². The molecule has 0 spiro atoms. The van der Waals surface area contributed by atoms with E-state index in [2.05, 4.69) is 12.1 Å². The van der Waals surface area contributed by atoms with E-state index in [1.54, 1.807) is 18.7 Å². The monoisotopic (exact) mass is 190 g/mol. The maximum absolute atomic E-state index is 11.1. The molecule has 0 amide bonds. The van der Waals surface area contributed by atoms with Crippen molar-refractivity contribution in [3.8, 4) is 0 Å². The number of hydrogen-bond acceptors (Lipinski definition) is 2. The smallest absolute Gasteiger partial charge is 0.166 e. The van der Waals surface area contributed by atoms with E-state index >= 15 is 0 Å². The SMILES string of the molecule is CC(=O)C1=CCc2ccccc2S1. The van der Waals surface area contributed by atoms with Crippen molar-refractivity contribution in [1.29, 1.82) is 0 Å². The lowest BCUT2D eigenvalue weighted by atomic mass is 10.1. The average molecular weight is 190 g/mol. The Morgan fingerprint density at radius 1 is 1.38 bits per heavy atom. The minimum Gasteiger partial charge on any atom is -0.294 e. The van der Waals surface area contributed by atoms with Crippen molar-refractivity contribution in [2.75, 3.05) is 0 Å². The minimum atomic E-state index is 0.166. The molecular weight excluding hydrogens is 180 g/mol. The second-order valence-electron chi connectivity index (χ2n) is 3.04. The molecule has 1 aliphatic rings. The van der Waals surface area contributed by atoms with Gasteiger partial charge in [0.1, 0.15) is 0 Å². The van der Waals surface area contributed by atoms with E-state index in [-0.39, 0.29) is 5.78 Å².